The van der Waals surface area contributed by atoms with Crippen LogP contribution in [-0.4, -0.2) is 40.1 Å². The van der Waals surface area contributed by atoms with Gasteiger partial charge in [-0.1, -0.05) is 12.8 Å². The molecule has 1 heterocycles. The van der Waals surface area contributed by atoms with Crippen LogP contribution in [0.25, 0.3) is 10.2 Å². The Bertz CT molecular complexity index is 632. The molecule has 4 nitrogen and oxygen atoms in total. The monoisotopic (exact) mass is 290 g/mol. The minimum Gasteiger partial charge on any atom is -0.388 e. The van der Waals surface area contributed by atoms with Crippen molar-refractivity contribution in [1.29, 1.82) is 0 Å². The summed E-state index contributed by atoms with van der Waals surface area (Å²) in [5.74, 6) is -0.0411. The summed E-state index contributed by atoms with van der Waals surface area (Å²) in [6, 6.07) is 5.56. The fourth-order valence-electron chi connectivity index (χ4n) is 2.91. The van der Waals surface area contributed by atoms with Crippen molar-refractivity contribution in [3.05, 3.63) is 29.3 Å². The van der Waals surface area contributed by atoms with Gasteiger partial charge < -0.3 is 10.0 Å². The highest BCUT2D eigenvalue weighted by molar-refractivity contribution is 7.16. The van der Waals surface area contributed by atoms with Gasteiger partial charge in [-0.2, -0.15) is 0 Å². The van der Waals surface area contributed by atoms with Gasteiger partial charge in [0.25, 0.3) is 5.91 Å². The number of aliphatic hydroxyl groups is 1. The highest BCUT2D eigenvalue weighted by Crippen LogP contribution is 2.30. The fraction of sp³-hybridized carbons (Fsp3) is 0.467. The lowest BCUT2D eigenvalue weighted by molar-refractivity contribution is 0.0157. The molecule has 1 aliphatic carbocycles. The van der Waals surface area contributed by atoms with Crippen LogP contribution in [-0.2, 0) is 0 Å². The SMILES string of the molecule is CN(CC1(O)CCCC1)C(=O)c1ccc2ncsc2c1. The Kier molecular flexibility index (Phi) is 3.48. The number of nitrogens with zero attached hydrogens (tertiary/aromatic N) is 2. The first-order valence-corrected chi connectivity index (χ1v) is 7.76. The summed E-state index contributed by atoms with van der Waals surface area (Å²) in [6.45, 7) is 0.409. The summed E-state index contributed by atoms with van der Waals surface area (Å²) >= 11 is 1.53. The third kappa shape index (κ3) is 2.55. The predicted octanol–water partition coefficient (Wildman–Crippen LogP) is 2.67. The van der Waals surface area contributed by atoms with Gasteiger partial charge in [0.05, 0.1) is 21.3 Å². The Morgan fingerprint density at radius 1 is 1.45 bits per heavy atom. The number of carbonyl (C=O) groups excluding carboxylic acids is 1. The summed E-state index contributed by atoms with van der Waals surface area (Å²) in [7, 11) is 1.76. The number of benzene rings is 1. The van der Waals surface area contributed by atoms with Crippen molar-refractivity contribution < 1.29 is 9.90 Å². The third-order valence-corrected chi connectivity index (χ3v) is 4.78. The maximum Gasteiger partial charge on any atom is 0.253 e. The van der Waals surface area contributed by atoms with Crippen molar-refractivity contribution in [3.8, 4) is 0 Å². The molecule has 1 aromatic heterocycles. The number of thiazole rings is 1. The number of amides is 1. The zero-order valence-corrected chi connectivity index (χ0v) is 12.3. The van der Waals surface area contributed by atoms with Gasteiger partial charge in [-0.15, -0.1) is 11.3 Å². The number of hydrogen-bond donors (Lipinski definition) is 1. The summed E-state index contributed by atoms with van der Waals surface area (Å²) in [5.41, 5.74) is 2.66. The zero-order chi connectivity index (χ0) is 14.2. The van der Waals surface area contributed by atoms with Crippen LogP contribution in [0.15, 0.2) is 23.7 Å². The Hall–Kier alpha value is -1.46. The molecular formula is C15H18N2O2S. The van der Waals surface area contributed by atoms with E-state index in [1.165, 1.54) is 11.3 Å². The molecule has 0 bridgehead atoms. The predicted molar refractivity (Wildman–Crippen MR) is 80.0 cm³/mol. The number of carbonyl (C=O) groups is 1. The summed E-state index contributed by atoms with van der Waals surface area (Å²) < 4.78 is 1.02. The number of likely N-dealkylation sites (N-methyl/N-ethyl adjacent to an activating group) is 1. The van der Waals surface area contributed by atoms with Gasteiger partial charge in [-0.3, -0.25) is 4.79 Å². The lowest BCUT2D eigenvalue weighted by Gasteiger charge is -2.28. The number of fused-ring (bicyclic) bond motifs is 1. The van der Waals surface area contributed by atoms with E-state index in [0.29, 0.717) is 12.1 Å². The van der Waals surface area contributed by atoms with Crippen molar-refractivity contribution in [3.63, 3.8) is 0 Å². The number of hydrogen-bond acceptors (Lipinski definition) is 4. The second-order valence-corrected chi connectivity index (χ2v) is 6.51. The van der Waals surface area contributed by atoms with Crippen LogP contribution in [0.2, 0.25) is 0 Å². The lowest BCUT2D eigenvalue weighted by atomic mass is 10.0. The van der Waals surface area contributed by atoms with E-state index >= 15 is 0 Å². The quantitative estimate of drug-likeness (QED) is 0.945. The molecule has 1 aromatic carbocycles. The molecule has 0 spiro atoms. The van der Waals surface area contributed by atoms with E-state index in [1.54, 1.807) is 23.5 Å². The Morgan fingerprint density at radius 3 is 2.95 bits per heavy atom. The van der Waals surface area contributed by atoms with Crippen molar-refractivity contribution >= 4 is 27.5 Å². The van der Waals surface area contributed by atoms with E-state index < -0.39 is 5.60 Å². The molecule has 0 radical (unpaired) electrons. The molecule has 106 valence electrons. The molecular weight excluding hydrogens is 272 g/mol. The molecule has 1 N–H and O–H groups in total. The maximum atomic E-state index is 12.4. The zero-order valence-electron chi connectivity index (χ0n) is 11.5. The summed E-state index contributed by atoms with van der Waals surface area (Å²) in [5, 5.41) is 10.4. The van der Waals surface area contributed by atoms with Crippen molar-refractivity contribution in [1.82, 2.24) is 9.88 Å². The van der Waals surface area contributed by atoms with Crippen LogP contribution >= 0.6 is 11.3 Å². The van der Waals surface area contributed by atoms with E-state index in [4.69, 9.17) is 0 Å². The van der Waals surface area contributed by atoms with Gasteiger partial charge in [-0.05, 0) is 31.0 Å². The molecule has 0 atom stereocenters. The molecule has 2 aromatic rings. The maximum absolute atomic E-state index is 12.4. The smallest absolute Gasteiger partial charge is 0.253 e. The third-order valence-electron chi connectivity index (χ3n) is 3.99. The average Bonchev–Trinajstić information content (AvgIpc) is 3.05. The normalized spacial score (nSPS) is 17.5. The van der Waals surface area contributed by atoms with Gasteiger partial charge in [0.1, 0.15) is 0 Å². The van der Waals surface area contributed by atoms with Crippen LogP contribution in [0.1, 0.15) is 36.0 Å². The van der Waals surface area contributed by atoms with E-state index in [1.807, 2.05) is 12.1 Å². The van der Waals surface area contributed by atoms with Gasteiger partial charge >= 0.3 is 0 Å². The highest BCUT2D eigenvalue weighted by atomic mass is 32.1. The van der Waals surface area contributed by atoms with Gasteiger partial charge in [0.15, 0.2) is 0 Å². The van der Waals surface area contributed by atoms with Gasteiger partial charge in [0.2, 0.25) is 0 Å². The summed E-state index contributed by atoms with van der Waals surface area (Å²) in [4.78, 5) is 18.3. The molecule has 5 heteroatoms. The first kappa shape index (κ1) is 13.5. The van der Waals surface area contributed by atoms with Crippen molar-refractivity contribution in [2.75, 3.05) is 13.6 Å². The van der Waals surface area contributed by atoms with Crippen LogP contribution in [0, 0.1) is 0 Å². The first-order valence-electron chi connectivity index (χ1n) is 6.89. The van der Waals surface area contributed by atoms with E-state index in [9.17, 15) is 9.90 Å². The summed E-state index contributed by atoms with van der Waals surface area (Å²) in [6.07, 6.45) is 3.67. The first-order chi connectivity index (χ1) is 9.57. The topological polar surface area (TPSA) is 53.4 Å². The van der Waals surface area contributed by atoms with Crippen molar-refractivity contribution in [2.45, 2.75) is 31.3 Å². The molecule has 1 aliphatic rings. The second-order valence-electron chi connectivity index (χ2n) is 5.63. The molecule has 20 heavy (non-hydrogen) atoms. The van der Waals surface area contributed by atoms with Crippen LogP contribution < -0.4 is 0 Å². The van der Waals surface area contributed by atoms with Crippen LogP contribution in [0.4, 0.5) is 0 Å². The van der Waals surface area contributed by atoms with Crippen molar-refractivity contribution in [2.24, 2.45) is 0 Å². The Balaban J connectivity index is 1.76. The van der Waals surface area contributed by atoms with Crippen LogP contribution in [0.3, 0.4) is 0 Å². The standard InChI is InChI=1S/C15H18N2O2S/c1-17(9-15(19)6-2-3-7-15)14(18)11-4-5-12-13(8-11)20-10-16-12/h4-5,8,10,19H,2-3,6-7,9H2,1H3. The molecule has 0 aliphatic heterocycles. The van der Waals surface area contributed by atoms with E-state index in [0.717, 1.165) is 35.9 Å². The number of aromatic nitrogens is 1. The molecule has 0 saturated heterocycles. The Labute approximate surface area is 122 Å². The molecule has 1 saturated carbocycles. The van der Waals surface area contributed by atoms with Gasteiger partial charge in [0, 0.05) is 19.2 Å². The van der Waals surface area contributed by atoms with Crippen LogP contribution in [0.5, 0.6) is 0 Å². The van der Waals surface area contributed by atoms with Gasteiger partial charge in [-0.25, -0.2) is 4.98 Å². The number of rotatable bonds is 3. The lowest BCUT2D eigenvalue weighted by Crippen LogP contribution is -2.42. The highest BCUT2D eigenvalue weighted by Gasteiger charge is 2.33. The average molecular weight is 290 g/mol. The second kappa shape index (κ2) is 5.14. The fourth-order valence-corrected chi connectivity index (χ4v) is 3.63. The molecule has 3 rings (SSSR count). The van der Waals surface area contributed by atoms with E-state index in [2.05, 4.69) is 4.98 Å². The minimum atomic E-state index is -0.695. The molecule has 1 fully saturated rings. The van der Waals surface area contributed by atoms with E-state index in [-0.39, 0.29) is 5.91 Å². The molecule has 1 amide bonds. The Morgan fingerprint density at radius 2 is 2.20 bits per heavy atom. The minimum absolute atomic E-state index is 0.0411. The molecule has 0 unspecified atom stereocenters. The largest absolute Gasteiger partial charge is 0.388 e.